The Morgan fingerprint density at radius 1 is 1.62 bits per heavy atom. The lowest BCUT2D eigenvalue weighted by atomic mass is 10.1. The SMILES string of the molecule is Cc1cc(C=CCC#N)c(N)c([N+](=O)[O-])c1. The van der Waals surface area contributed by atoms with Crippen LogP contribution in [0.5, 0.6) is 0 Å². The number of nitrogens with two attached hydrogens (primary N) is 1. The quantitative estimate of drug-likeness (QED) is 0.478. The fourth-order valence-corrected chi connectivity index (χ4v) is 1.33. The van der Waals surface area contributed by atoms with Gasteiger partial charge in [-0.05, 0) is 18.6 Å². The van der Waals surface area contributed by atoms with Crippen LogP contribution in [-0.4, -0.2) is 4.92 Å². The molecule has 0 aliphatic carbocycles. The Labute approximate surface area is 93.0 Å². The fraction of sp³-hybridized carbons (Fsp3) is 0.182. The Balaban J connectivity index is 3.20. The molecular formula is C11H11N3O2. The highest BCUT2D eigenvalue weighted by Gasteiger charge is 2.14. The first kappa shape index (κ1) is 11.7. The van der Waals surface area contributed by atoms with Crippen LogP contribution in [0.2, 0.25) is 0 Å². The van der Waals surface area contributed by atoms with Gasteiger partial charge in [0.05, 0.1) is 17.4 Å². The molecule has 1 rings (SSSR count). The number of nitro groups is 1. The van der Waals surface area contributed by atoms with Crippen molar-refractivity contribution in [2.45, 2.75) is 13.3 Å². The van der Waals surface area contributed by atoms with E-state index < -0.39 is 4.92 Å². The highest BCUT2D eigenvalue weighted by Crippen LogP contribution is 2.27. The van der Waals surface area contributed by atoms with E-state index in [1.165, 1.54) is 6.07 Å². The number of rotatable bonds is 3. The van der Waals surface area contributed by atoms with E-state index in [0.717, 1.165) is 5.56 Å². The second-order valence-corrected chi connectivity index (χ2v) is 3.31. The highest BCUT2D eigenvalue weighted by atomic mass is 16.6. The number of benzene rings is 1. The van der Waals surface area contributed by atoms with Crippen LogP contribution < -0.4 is 5.73 Å². The van der Waals surface area contributed by atoms with Crippen molar-refractivity contribution in [1.29, 1.82) is 5.26 Å². The van der Waals surface area contributed by atoms with Crippen LogP contribution in [0.15, 0.2) is 18.2 Å². The van der Waals surface area contributed by atoms with Gasteiger partial charge in [-0.1, -0.05) is 12.2 Å². The zero-order valence-electron chi connectivity index (χ0n) is 8.80. The number of nitro benzene ring substituents is 1. The Bertz CT molecular complexity index is 487. The molecule has 0 saturated heterocycles. The van der Waals surface area contributed by atoms with Gasteiger partial charge in [-0.25, -0.2) is 0 Å². The maximum Gasteiger partial charge on any atom is 0.292 e. The molecule has 5 heteroatoms. The van der Waals surface area contributed by atoms with Crippen molar-refractivity contribution in [3.05, 3.63) is 39.4 Å². The lowest BCUT2D eigenvalue weighted by Crippen LogP contribution is -1.98. The summed E-state index contributed by atoms with van der Waals surface area (Å²) in [6.07, 6.45) is 3.49. The van der Waals surface area contributed by atoms with Gasteiger partial charge in [-0.3, -0.25) is 10.1 Å². The highest BCUT2D eigenvalue weighted by molar-refractivity contribution is 5.74. The van der Waals surface area contributed by atoms with Gasteiger partial charge in [0.15, 0.2) is 0 Å². The predicted molar refractivity (Wildman–Crippen MR) is 61.5 cm³/mol. The first-order chi connectivity index (χ1) is 7.56. The smallest absolute Gasteiger partial charge is 0.292 e. The summed E-state index contributed by atoms with van der Waals surface area (Å²) in [7, 11) is 0. The van der Waals surface area contributed by atoms with Crippen molar-refractivity contribution >= 4 is 17.5 Å². The van der Waals surface area contributed by atoms with Crippen molar-refractivity contribution < 1.29 is 4.92 Å². The molecule has 0 amide bonds. The molecule has 2 N–H and O–H groups in total. The third-order valence-corrected chi connectivity index (χ3v) is 2.04. The molecule has 0 aromatic heterocycles. The van der Waals surface area contributed by atoms with Crippen molar-refractivity contribution in [3.8, 4) is 6.07 Å². The Hall–Kier alpha value is -2.35. The number of nitrogens with zero attached hydrogens (tertiary/aromatic N) is 2. The summed E-state index contributed by atoms with van der Waals surface area (Å²) in [5.74, 6) is 0. The van der Waals surface area contributed by atoms with Crippen molar-refractivity contribution in [1.82, 2.24) is 0 Å². The van der Waals surface area contributed by atoms with Gasteiger partial charge in [-0.15, -0.1) is 0 Å². The molecule has 0 atom stereocenters. The maximum atomic E-state index is 10.7. The predicted octanol–water partition coefficient (Wildman–Crippen LogP) is 2.41. The molecule has 0 fully saturated rings. The van der Waals surface area contributed by atoms with E-state index in [4.69, 9.17) is 11.0 Å². The molecule has 16 heavy (non-hydrogen) atoms. The summed E-state index contributed by atoms with van der Waals surface area (Å²) in [6.45, 7) is 1.76. The van der Waals surface area contributed by atoms with Crippen LogP contribution in [-0.2, 0) is 0 Å². The van der Waals surface area contributed by atoms with Crippen LogP contribution in [0, 0.1) is 28.4 Å². The normalized spacial score (nSPS) is 10.2. The van der Waals surface area contributed by atoms with E-state index in [1.807, 2.05) is 6.07 Å². The van der Waals surface area contributed by atoms with Crippen LogP contribution >= 0.6 is 0 Å². The van der Waals surface area contributed by atoms with E-state index in [0.29, 0.717) is 5.56 Å². The minimum absolute atomic E-state index is 0.100. The van der Waals surface area contributed by atoms with E-state index in [9.17, 15) is 10.1 Å². The number of nitriles is 1. The second kappa shape index (κ2) is 4.94. The molecule has 0 radical (unpaired) electrons. The zero-order valence-corrected chi connectivity index (χ0v) is 8.80. The third kappa shape index (κ3) is 2.58. The molecule has 82 valence electrons. The minimum atomic E-state index is -0.510. The van der Waals surface area contributed by atoms with Gasteiger partial charge < -0.3 is 5.73 Å². The summed E-state index contributed by atoms with van der Waals surface area (Å²) < 4.78 is 0. The molecule has 0 heterocycles. The number of anilines is 1. The number of nitrogen functional groups attached to an aromatic ring is 1. The summed E-state index contributed by atoms with van der Waals surface area (Å²) in [4.78, 5) is 10.2. The molecular weight excluding hydrogens is 206 g/mol. The van der Waals surface area contributed by atoms with Gasteiger partial charge in [0, 0.05) is 11.6 Å². The van der Waals surface area contributed by atoms with Crippen molar-refractivity contribution in [2.24, 2.45) is 0 Å². The molecule has 0 aliphatic heterocycles. The van der Waals surface area contributed by atoms with Crippen LogP contribution in [0.4, 0.5) is 11.4 Å². The molecule has 0 aliphatic rings. The Morgan fingerprint density at radius 3 is 2.88 bits per heavy atom. The Morgan fingerprint density at radius 2 is 2.31 bits per heavy atom. The van der Waals surface area contributed by atoms with E-state index in [-0.39, 0.29) is 17.8 Å². The standard InChI is InChI=1S/C11H11N3O2/c1-8-6-9(4-2-3-5-12)11(13)10(7-8)14(15)16/h2,4,6-7H,3,13H2,1H3. The van der Waals surface area contributed by atoms with Gasteiger partial charge in [0.1, 0.15) is 5.69 Å². The van der Waals surface area contributed by atoms with Gasteiger partial charge >= 0.3 is 0 Å². The van der Waals surface area contributed by atoms with Gasteiger partial charge in [0.2, 0.25) is 0 Å². The van der Waals surface area contributed by atoms with E-state index >= 15 is 0 Å². The first-order valence-corrected chi connectivity index (χ1v) is 4.64. The Kier molecular flexibility index (Phi) is 3.62. The minimum Gasteiger partial charge on any atom is -0.393 e. The van der Waals surface area contributed by atoms with Crippen LogP contribution in [0.3, 0.4) is 0 Å². The first-order valence-electron chi connectivity index (χ1n) is 4.64. The fourth-order valence-electron chi connectivity index (χ4n) is 1.33. The average Bonchev–Trinajstić information content (AvgIpc) is 2.22. The number of allylic oxidation sites excluding steroid dienone is 1. The molecule has 5 nitrogen and oxygen atoms in total. The van der Waals surface area contributed by atoms with E-state index in [2.05, 4.69) is 0 Å². The van der Waals surface area contributed by atoms with Crippen molar-refractivity contribution in [2.75, 3.05) is 5.73 Å². The number of hydrogen-bond donors (Lipinski definition) is 1. The van der Waals surface area contributed by atoms with E-state index in [1.54, 1.807) is 25.1 Å². The topological polar surface area (TPSA) is 93.0 Å². The maximum absolute atomic E-state index is 10.7. The average molecular weight is 217 g/mol. The lowest BCUT2D eigenvalue weighted by Gasteiger charge is -2.03. The monoisotopic (exact) mass is 217 g/mol. The molecule has 0 saturated carbocycles. The van der Waals surface area contributed by atoms with Crippen molar-refractivity contribution in [3.63, 3.8) is 0 Å². The second-order valence-electron chi connectivity index (χ2n) is 3.31. The summed E-state index contributed by atoms with van der Waals surface area (Å²) >= 11 is 0. The molecule has 1 aromatic rings. The molecule has 1 aromatic carbocycles. The van der Waals surface area contributed by atoms with Crippen LogP contribution in [0.1, 0.15) is 17.5 Å². The van der Waals surface area contributed by atoms with Gasteiger partial charge in [0.25, 0.3) is 5.69 Å². The lowest BCUT2D eigenvalue weighted by molar-refractivity contribution is -0.383. The zero-order chi connectivity index (χ0) is 12.1. The third-order valence-electron chi connectivity index (χ3n) is 2.04. The van der Waals surface area contributed by atoms with Gasteiger partial charge in [-0.2, -0.15) is 5.26 Å². The largest absolute Gasteiger partial charge is 0.393 e. The summed E-state index contributed by atoms with van der Waals surface area (Å²) in [6, 6.07) is 5.12. The summed E-state index contributed by atoms with van der Waals surface area (Å²) in [5, 5.41) is 19.1. The molecule has 0 bridgehead atoms. The number of aryl methyl sites for hydroxylation is 1. The molecule has 0 spiro atoms. The summed E-state index contributed by atoms with van der Waals surface area (Å²) in [5.41, 5.74) is 7.02. The number of hydrogen-bond acceptors (Lipinski definition) is 4. The molecule has 0 unspecified atom stereocenters. The van der Waals surface area contributed by atoms with Crippen LogP contribution in [0.25, 0.3) is 6.08 Å².